The summed E-state index contributed by atoms with van der Waals surface area (Å²) in [5.74, 6) is 0. The van der Waals surface area contributed by atoms with Crippen molar-refractivity contribution >= 4 is 27.3 Å². The van der Waals surface area contributed by atoms with Crippen molar-refractivity contribution in [1.82, 2.24) is 0 Å². The van der Waals surface area contributed by atoms with E-state index in [0.717, 1.165) is 23.4 Å². The van der Waals surface area contributed by atoms with E-state index in [1.165, 1.54) is 0 Å². The minimum Gasteiger partial charge on any atom is -0.394 e. The first-order valence-corrected chi connectivity index (χ1v) is 10.5. The van der Waals surface area contributed by atoms with Crippen LogP contribution in [0, 0.1) is 0 Å². The van der Waals surface area contributed by atoms with Gasteiger partial charge in [0.2, 0.25) is 0 Å². The fraction of sp³-hybridized carbons (Fsp3) is 0.647. The summed E-state index contributed by atoms with van der Waals surface area (Å²) < 4.78 is 5.45. The van der Waals surface area contributed by atoms with Crippen molar-refractivity contribution in [3.05, 3.63) is 29.3 Å². The molecule has 0 unspecified atom stereocenters. The summed E-state index contributed by atoms with van der Waals surface area (Å²) in [6.45, 7) is 6.61. The van der Waals surface area contributed by atoms with Crippen molar-refractivity contribution < 1.29 is 20.1 Å². The van der Waals surface area contributed by atoms with Crippen LogP contribution >= 0.6 is 21.6 Å². The molecule has 3 N–H and O–H groups in total. The topological polar surface area (TPSA) is 73.2 Å². The summed E-state index contributed by atoms with van der Waals surface area (Å²) >= 11 is 0. The molecule has 24 heavy (non-hydrogen) atoms. The molecule has 0 amide bonds. The molecule has 0 fully saturated rings. The van der Waals surface area contributed by atoms with Crippen LogP contribution in [0.3, 0.4) is 0 Å². The zero-order valence-corrected chi connectivity index (χ0v) is 16.3. The van der Waals surface area contributed by atoms with E-state index in [2.05, 4.69) is 25.0 Å². The maximum Gasteiger partial charge on any atom is 0.0698 e. The van der Waals surface area contributed by atoms with E-state index in [1.54, 1.807) is 10.8 Å². The van der Waals surface area contributed by atoms with E-state index in [0.29, 0.717) is 19.8 Å². The van der Waals surface area contributed by atoms with Gasteiger partial charge in [0.15, 0.2) is 0 Å². The number of benzene rings is 1. The summed E-state index contributed by atoms with van der Waals surface area (Å²) in [5.41, 5.74) is 2.54. The van der Waals surface area contributed by atoms with Gasteiger partial charge in [-0.25, -0.2) is 0 Å². The standard InChI is InChI=1S/C17H29NO4S2/c1-17(2,24-23-3)13-18(4-6-22-7-5-19)16-9-14(11-20)8-15(10-16)12-21/h8-10,19-21H,4-7,11-13H2,1-3H3. The molecular weight excluding hydrogens is 346 g/mol. The first kappa shape index (κ1) is 21.6. The third-order valence-corrected chi connectivity index (χ3v) is 5.99. The quantitative estimate of drug-likeness (QED) is 0.382. The third kappa shape index (κ3) is 7.63. The highest BCUT2D eigenvalue weighted by molar-refractivity contribution is 8.77. The zero-order chi connectivity index (χ0) is 18.0. The Morgan fingerprint density at radius 2 is 1.67 bits per heavy atom. The van der Waals surface area contributed by atoms with Crippen LogP contribution in [0.1, 0.15) is 25.0 Å². The second-order valence-corrected chi connectivity index (χ2v) is 9.20. The summed E-state index contributed by atoms with van der Waals surface area (Å²) in [5, 5.41) is 27.8. The van der Waals surface area contributed by atoms with Gasteiger partial charge >= 0.3 is 0 Å². The molecule has 0 heterocycles. The number of anilines is 1. The number of hydrogen-bond donors (Lipinski definition) is 3. The van der Waals surface area contributed by atoms with Gasteiger partial charge < -0.3 is 25.0 Å². The van der Waals surface area contributed by atoms with E-state index in [-0.39, 0.29) is 24.6 Å². The molecule has 0 radical (unpaired) electrons. The van der Waals surface area contributed by atoms with Crippen molar-refractivity contribution in [2.24, 2.45) is 0 Å². The van der Waals surface area contributed by atoms with E-state index in [9.17, 15) is 10.2 Å². The van der Waals surface area contributed by atoms with Crippen LogP contribution in [0.4, 0.5) is 5.69 Å². The smallest absolute Gasteiger partial charge is 0.0698 e. The molecule has 5 nitrogen and oxygen atoms in total. The van der Waals surface area contributed by atoms with Crippen molar-refractivity contribution in [2.75, 3.05) is 44.1 Å². The molecule has 0 aliphatic carbocycles. The fourth-order valence-electron chi connectivity index (χ4n) is 2.46. The van der Waals surface area contributed by atoms with Gasteiger partial charge in [0.05, 0.1) is 33.0 Å². The molecule has 0 spiro atoms. The SMILES string of the molecule is CSSC(C)(C)CN(CCOCCO)c1cc(CO)cc(CO)c1. The Hall–Kier alpha value is -0.440. The van der Waals surface area contributed by atoms with Gasteiger partial charge in [-0.2, -0.15) is 0 Å². The van der Waals surface area contributed by atoms with E-state index < -0.39 is 0 Å². The van der Waals surface area contributed by atoms with Crippen molar-refractivity contribution in [3.8, 4) is 0 Å². The van der Waals surface area contributed by atoms with Gasteiger partial charge in [0.25, 0.3) is 0 Å². The molecule has 0 saturated carbocycles. The average molecular weight is 376 g/mol. The number of hydrogen-bond acceptors (Lipinski definition) is 7. The number of rotatable bonds is 12. The first-order chi connectivity index (χ1) is 11.5. The summed E-state index contributed by atoms with van der Waals surface area (Å²) in [6, 6.07) is 5.71. The normalized spacial score (nSPS) is 11.8. The lowest BCUT2D eigenvalue weighted by Gasteiger charge is -2.33. The second-order valence-electron chi connectivity index (χ2n) is 6.09. The van der Waals surface area contributed by atoms with Gasteiger partial charge in [-0.3, -0.25) is 0 Å². The number of aliphatic hydroxyl groups is 3. The van der Waals surface area contributed by atoms with Crippen LogP contribution in [0.25, 0.3) is 0 Å². The van der Waals surface area contributed by atoms with Gasteiger partial charge in [-0.1, -0.05) is 27.7 Å². The van der Waals surface area contributed by atoms with Crippen LogP contribution in [-0.2, 0) is 18.0 Å². The molecule has 138 valence electrons. The van der Waals surface area contributed by atoms with Crippen LogP contribution in [0.15, 0.2) is 18.2 Å². The Labute approximate surface area is 152 Å². The third-order valence-electron chi connectivity index (χ3n) is 3.39. The van der Waals surface area contributed by atoms with Gasteiger partial charge in [-0.15, -0.1) is 0 Å². The summed E-state index contributed by atoms with van der Waals surface area (Å²) in [6.07, 6.45) is 2.07. The Kier molecular flexibility index (Phi) is 10.1. The molecular formula is C17H29NO4S2. The Morgan fingerprint density at radius 1 is 1.04 bits per heavy atom. The molecule has 0 aliphatic heterocycles. The second kappa shape index (κ2) is 11.2. The summed E-state index contributed by atoms with van der Waals surface area (Å²) in [7, 11) is 3.55. The lowest BCUT2D eigenvalue weighted by Crippen LogP contribution is -2.38. The molecule has 7 heteroatoms. The Balaban J connectivity index is 2.97. The molecule has 0 atom stereocenters. The maximum absolute atomic E-state index is 9.47. The zero-order valence-electron chi connectivity index (χ0n) is 14.7. The Morgan fingerprint density at radius 3 is 2.17 bits per heavy atom. The van der Waals surface area contributed by atoms with Crippen LogP contribution in [0.5, 0.6) is 0 Å². The van der Waals surface area contributed by atoms with E-state index in [1.807, 2.05) is 29.0 Å². The van der Waals surface area contributed by atoms with Crippen LogP contribution in [-0.4, -0.2) is 59.2 Å². The molecule has 0 saturated heterocycles. The van der Waals surface area contributed by atoms with Crippen LogP contribution in [0.2, 0.25) is 0 Å². The summed E-state index contributed by atoms with van der Waals surface area (Å²) in [4.78, 5) is 2.21. The van der Waals surface area contributed by atoms with E-state index in [4.69, 9.17) is 9.84 Å². The largest absolute Gasteiger partial charge is 0.394 e. The minimum atomic E-state index is -0.0569. The molecule has 0 aliphatic rings. The lowest BCUT2D eigenvalue weighted by molar-refractivity contribution is 0.0965. The molecule has 1 aromatic rings. The maximum atomic E-state index is 9.47. The van der Waals surface area contributed by atoms with Gasteiger partial charge in [0.1, 0.15) is 0 Å². The highest BCUT2D eigenvalue weighted by Gasteiger charge is 2.23. The van der Waals surface area contributed by atoms with Gasteiger partial charge in [0, 0.05) is 23.5 Å². The predicted octanol–water partition coefficient (Wildman–Crippen LogP) is 2.28. The predicted molar refractivity (Wildman–Crippen MR) is 104 cm³/mol. The van der Waals surface area contributed by atoms with Crippen molar-refractivity contribution in [2.45, 2.75) is 31.8 Å². The molecule has 0 aromatic heterocycles. The monoisotopic (exact) mass is 375 g/mol. The van der Waals surface area contributed by atoms with E-state index >= 15 is 0 Å². The number of nitrogens with zero attached hydrogens (tertiary/aromatic N) is 1. The van der Waals surface area contributed by atoms with Crippen LogP contribution < -0.4 is 4.90 Å². The minimum absolute atomic E-state index is 0.0163. The molecule has 1 rings (SSSR count). The number of ether oxygens (including phenoxy) is 1. The fourth-order valence-corrected chi connectivity index (χ4v) is 4.63. The highest BCUT2D eigenvalue weighted by Crippen LogP contribution is 2.35. The molecule has 0 bridgehead atoms. The lowest BCUT2D eigenvalue weighted by atomic mass is 10.1. The van der Waals surface area contributed by atoms with Crippen molar-refractivity contribution in [3.63, 3.8) is 0 Å². The average Bonchev–Trinajstić information content (AvgIpc) is 2.56. The molecule has 1 aromatic carbocycles. The Bertz CT molecular complexity index is 463. The first-order valence-electron chi connectivity index (χ1n) is 7.95. The highest BCUT2D eigenvalue weighted by atomic mass is 33.1. The van der Waals surface area contributed by atoms with Crippen molar-refractivity contribution in [1.29, 1.82) is 0 Å². The van der Waals surface area contributed by atoms with Gasteiger partial charge in [-0.05, 0) is 43.4 Å². The number of aliphatic hydroxyl groups excluding tert-OH is 3.